The number of fused-ring (bicyclic) bond motifs is 3. The van der Waals surface area contributed by atoms with Gasteiger partial charge in [-0.25, -0.2) is 4.52 Å². The molecule has 164 valence electrons. The molecule has 33 heavy (non-hydrogen) atoms. The standard InChI is InChI=1S/C25H20ClN5O2/c1-15-7-10-17(11-8-15)14-30-21-13-16(2)9-12-20(21)31-23(25(30)33)28-22(29-31)24(32)27-19-6-4-3-5-18(19)26/h3-13H,14H2,1-2H3,(H,27,32). The maximum absolute atomic E-state index is 13.5. The zero-order valence-corrected chi connectivity index (χ0v) is 18.8. The minimum Gasteiger partial charge on any atom is -0.318 e. The molecule has 0 unspecified atom stereocenters. The van der Waals surface area contributed by atoms with Crippen molar-refractivity contribution in [3.8, 4) is 0 Å². The summed E-state index contributed by atoms with van der Waals surface area (Å²) in [4.78, 5) is 30.6. The minimum atomic E-state index is -0.545. The highest BCUT2D eigenvalue weighted by Gasteiger charge is 2.20. The van der Waals surface area contributed by atoms with Gasteiger partial charge in [-0.15, -0.1) is 5.10 Å². The Labute approximate surface area is 194 Å². The average Bonchev–Trinajstić information content (AvgIpc) is 3.25. The van der Waals surface area contributed by atoms with Crippen LogP contribution in [0.25, 0.3) is 16.7 Å². The predicted octanol–water partition coefficient (Wildman–Crippen LogP) is 4.62. The number of carbonyl (C=O) groups is 1. The van der Waals surface area contributed by atoms with E-state index in [9.17, 15) is 9.59 Å². The predicted molar refractivity (Wildman–Crippen MR) is 129 cm³/mol. The first-order valence-corrected chi connectivity index (χ1v) is 10.8. The van der Waals surface area contributed by atoms with Gasteiger partial charge < -0.3 is 5.32 Å². The van der Waals surface area contributed by atoms with Gasteiger partial charge in [-0.05, 0) is 49.2 Å². The number of rotatable bonds is 4. The molecular weight excluding hydrogens is 438 g/mol. The third-order valence-corrected chi connectivity index (χ3v) is 5.81. The Bertz CT molecular complexity index is 1590. The Hall–Kier alpha value is -3.97. The number of para-hydroxylation sites is 1. The fraction of sp³-hybridized carbons (Fsp3) is 0.120. The highest BCUT2D eigenvalue weighted by atomic mass is 35.5. The molecule has 5 aromatic rings. The van der Waals surface area contributed by atoms with Crippen molar-refractivity contribution in [1.29, 1.82) is 0 Å². The SMILES string of the molecule is Cc1ccc(Cn2c(=O)c3nc(C(=O)Nc4ccccc4Cl)nn3c3ccc(C)cc32)cc1. The second kappa shape index (κ2) is 8.18. The van der Waals surface area contributed by atoms with Crippen LogP contribution in [0.4, 0.5) is 5.69 Å². The van der Waals surface area contributed by atoms with E-state index in [2.05, 4.69) is 15.4 Å². The number of halogens is 1. The van der Waals surface area contributed by atoms with Gasteiger partial charge in [0.1, 0.15) is 0 Å². The van der Waals surface area contributed by atoms with E-state index < -0.39 is 5.91 Å². The van der Waals surface area contributed by atoms with E-state index in [1.807, 2.05) is 56.3 Å². The highest BCUT2D eigenvalue weighted by Crippen LogP contribution is 2.21. The molecule has 2 aromatic heterocycles. The van der Waals surface area contributed by atoms with Gasteiger partial charge in [0.2, 0.25) is 11.5 Å². The van der Waals surface area contributed by atoms with Gasteiger partial charge in [-0.3, -0.25) is 14.2 Å². The zero-order chi connectivity index (χ0) is 23.1. The third-order valence-electron chi connectivity index (χ3n) is 5.48. The molecule has 0 atom stereocenters. The quantitative estimate of drug-likeness (QED) is 0.427. The van der Waals surface area contributed by atoms with E-state index in [0.717, 1.165) is 22.2 Å². The normalized spacial score (nSPS) is 11.2. The second-order valence-electron chi connectivity index (χ2n) is 7.97. The lowest BCUT2D eigenvalue weighted by molar-refractivity contribution is 0.101. The number of hydrogen-bond acceptors (Lipinski definition) is 4. The molecule has 0 aliphatic heterocycles. The summed E-state index contributed by atoms with van der Waals surface area (Å²) in [5, 5.41) is 7.46. The van der Waals surface area contributed by atoms with Crippen molar-refractivity contribution < 1.29 is 4.79 Å². The van der Waals surface area contributed by atoms with Crippen LogP contribution >= 0.6 is 11.6 Å². The van der Waals surface area contributed by atoms with Crippen molar-refractivity contribution in [3.05, 3.63) is 105 Å². The van der Waals surface area contributed by atoms with Crippen LogP contribution in [0.5, 0.6) is 0 Å². The zero-order valence-electron chi connectivity index (χ0n) is 18.0. The van der Waals surface area contributed by atoms with Crippen LogP contribution in [0, 0.1) is 13.8 Å². The van der Waals surface area contributed by atoms with Crippen LogP contribution in [0.3, 0.4) is 0 Å². The number of hydrogen-bond donors (Lipinski definition) is 1. The summed E-state index contributed by atoms with van der Waals surface area (Å²) in [6.07, 6.45) is 0. The second-order valence-corrected chi connectivity index (χ2v) is 8.38. The number of amides is 1. The Morgan fingerprint density at radius 1 is 0.970 bits per heavy atom. The maximum atomic E-state index is 13.5. The summed E-state index contributed by atoms with van der Waals surface area (Å²) >= 11 is 6.15. The summed E-state index contributed by atoms with van der Waals surface area (Å²) in [5.41, 5.74) is 4.76. The van der Waals surface area contributed by atoms with Crippen LogP contribution in [0.2, 0.25) is 5.02 Å². The lowest BCUT2D eigenvalue weighted by Crippen LogP contribution is -2.24. The summed E-state index contributed by atoms with van der Waals surface area (Å²) in [5.74, 6) is -0.654. The fourth-order valence-corrected chi connectivity index (χ4v) is 3.93. The molecular formula is C25H20ClN5O2. The van der Waals surface area contributed by atoms with Crippen molar-refractivity contribution in [2.24, 2.45) is 0 Å². The summed E-state index contributed by atoms with van der Waals surface area (Å²) in [6.45, 7) is 4.36. The van der Waals surface area contributed by atoms with E-state index in [1.165, 1.54) is 4.52 Å². The molecule has 0 saturated carbocycles. The molecule has 3 aromatic carbocycles. The molecule has 2 heterocycles. The molecule has 8 heteroatoms. The first kappa shape index (κ1) is 20.9. The highest BCUT2D eigenvalue weighted by molar-refractivity contribution is 6.33. The van der Waals surface area contributed by atoms with E-state index in [-0.39, 0.29) is 17.0 Å². The number of aromatic nitrogens is 4. The van der Waals surface area contributed by atoms with Crippen LogP contribution < -0.4 is 10.9 Å². The average molecular weight is 458 g/mol. The number of nitrogens with one attached hydrogen (secondary N) is 1. The molecule has 0 aliphatic rings. The van der Waals surface area contributed by atoms with Gasteiger partial charge in [0.15, 0.2) is 0 Å². The lowest BCUT2D eigenvalue weighted by atomic mass is 10.1. The smallest absolute Gasteiger partial charge is 0.296 e. The Morgan fingerprint density at radius 2 is 1.70 bits per heavy atom. The van der Waals surface area contributed by atoms with Crippen LogP contribution in [0.15, 0.2) is 71.5 Å². The fourth-order valence-electron chi connectivity index (χ4n) is 3.75. The molecule has 0 fully saturated rings. The minimum absolute atomic E-state index is 0.0859. The van der Waals surface area contributed by atoms with E-state index in [4.69, 9.17) is 11.6 Å². The Kier molecular flexibility index (Phi) is 5.18. The molecule has 7 nitrogen and oxygen atoms in total. The van der Waals surface area contributed by atoms with E-state index in [1.54, 1.807) is 28.8 Å². The van der Waals surface area contributed by atoms with Crippen LogP contribution in [-0.2, 0) is 6.54 Å². The summed E-state index contributed by atoms with van der Waals surface area (Å²) in [6, 6.07) is 20.7. The number of carbonyl (C=O) groups excluding carboxylic acids is 1. The summed E-state index contributed by atoms with van der Waals surface area (Å²) < 4.78 is 3.11. The van der Waals surface area contributed by atoms with Crippen molar-refractivity contribution in [3.63, 3.8) is 0 Å². The molecule has 1 amide bonds. The largest absolute Gasteiger partial charge is 0.318 e. The number of aryl methyl sites for hydroxylation is 2. The number of anilines is 1. The lowest BCUT2D eigenvalue weighted by Gasteiger charge is -2.12. The molecule has 0 spiro atoms. The summed E-state index contributed by atoms with van der Waals surface area (Å²) in [7, 11) is 0. The molecule has 0 saturated heterocycles. The Morgan fingerprint density at radius 3 is 2.45 bits per heavy atom. The topological polar surface area (TPSA) is 81.3 Å². The molecule has 0 radical (unpaired) electrons. The molecule has 0 bridgehead atoms. The van der Waals surface area contributed by atoms with Gasteiger partial charge >= 0.3 is 0 Å². The van der Waals surface area contributed by atoms with E-state index in [0.29, 0.717) is 22.8 Å². The van der Waals surface area contributed by atoms with Crippen molar-refractivity contribution >= 4 is 39.9 Å². The van der Waals surface area contributed by atoms with Gasteiger partial charge in [-0.1, -0.05) is 59.6 Å². The third kappa shape index (κ3) is 3.87. The van der Waals surface area contributed by atoms with Gasteiger partial charge in [0.25, 0.3) is 11.5 Å². The number of benzene rings is 3. The van der Waals surface area contributed by atoms with Crippen molar-refractivity contribution in [1.82, 2.24) is 19.2 Å². The first-order chi connectivity index (χ1) is 15.9. The van der Waals surface area contributed by atoms with Gasteiger partial charge in [0.05, 0.1) is 28.3 Å². The van der Waals surface area contributed by atoms with Crippen molar-refractivity contribution in [2.75, 3.05) is 5.32 Å². The molecule has 5 rings (SSSR count). The van der Waals surface area contributed by atoms with Crippen LogP contribution in [-0.4, -0.2) is 25.1 Å². The maximum Gasteiger partial charge on any atom is 0.296 e. The van der Waals surface area contributed by atoms with E-state index >= 15 is 0 Å². The monoisotopic (exact) mass is 457 g/mol. The molecule has 0 aliphatic carbocycles. The molecule has 1 N–H and O–H groups in total. The van der Waals surface area contributed by atoms with Gasteiger partial charge in [-0.2, -0.15) is 4.98 Å². The van der Waals surface area contributed by atoms with Crippen molar-refractivity contribution in [2.45, 2.75) is 20.4 Å². The first-order valence-electron chi connectivity index (χ1n) is 10.4. The van der Waals surface area contributed by atoms with Gasteiger partial charge in [0, 0.05) is 0 Å². The number of nitrogens with zero attached hydrogens (tertiary/aromatic N) is 4. The van der Waals surface area contributed by atoms with Crippen LogP contribution in [0.1, 0.15) is 27.3 Å². The Balaban J connectivity index is 1.65.